The highest BCUT2D eigenvalue weighted by molar-refractivity contribution is 5.09. The Morgan fingerprint density at radius 2 is 2.00 bits per heavy atom. The van der Waals surface area contributed by atoms with Crippen LogP contribution in [0.15, 0.2) is 0 Å². The zero-order chi connectivity index (χ0) is 11.5. The molecule has 0 aromatic heterocycles. The Balaban J connectivity index is 2.33. The Hall–Kier alpha value is -0.520. The molecule has 1 aliphatic heterocycles. The smallest absolute Gasteiger partial charge is 0.0602 e. The molecule has 0 saturated carbocycles. The van der Waals surface area contributed by atoms with Crippen molar-refractivity contribution in [1.29, 1.82) is 0 Å². The average Bonchev–Trinajstić information content (AvgIpc) is 2.50. The maximum Gasteiger partial charge on any atom is 0.0602 e. The zero-order valence-electron chi connectivity index (χ0n) is 10.8. The molecule has 0 bridgehead atoms. The molecule has 86 valence electrons. The minimum Gasteiger partial charge on any atom is -0.305 e. The summed E-state index contributed by atoms with van der Waals surface area (Å²) in [7, 11) is 4.32. The summed E-state index contributed by atoms with van der Waals surface area (Å²) in [4.78, 5) is 4.76. The van der Waals surface area contributed by atoms with Crippen LogP contribution in [0.5, 0.6) is 0 Å². The summed E-state index contributed by atoms with van der Waals surface area (Å²) in [6.45, 7) is 9.78. The molecule has 1 atom stereocenters. The van der Waals surface area contributed by atoms with Crippen molar-refractivity contribution >= 4 is 0 Å². The van der Waals surface area contributed by atoms with Gasteiger partial charge in [0.05, 0.1) is 6.54 Å². The van der Waals surface area contributed by atoms with Gasteiger partial charge < -0.3 is 4.90 Å². The van der Waals surface area contributed by atoms with Crippen molar-refractivity contribution in [3.63, 3.8) is 0 Å². The van der Waals surface area contributed by atoms with E-state index < -0.39 is 0 Å². The summed E-state index contributed by atoms with van der Waals surface area (Å²) < 4.78 is 0. The SMILES string of the molecule is CN(C)C1CCN(CC#CC(C)(C)C)C1. The lowest BCUT2D eigenvalue weighted by Crippen LogP contribution is -2.31. The Kier molecular flexibility index (Phi) is 4.19. The monoisotopic (exact) mass is 208 g/mol. The molecule has 0 N–H and O–H groups in total. The molecule has 1 fully saturated rings. The van der Waals surface area contributed by atoms with Crippen LogP contribution in [0.3, 0.4) is 0 Å². The average molecular weight is 208 g/mol. The van der Waals surface area contributed by atoms with Gasteiger partial charge >= 0.3 is 0 Å². The standard InChI is InChI=1S/C13H24N2/c1-13(2,3)8-6-9-15-10-7-12(11-15)14(4)5/h12H,7,9-11H2,1-5H3. The van der Waals surface area contributed by atoms with Crippen LogP contribution in [-0.2, 0) is 0 Å². The summed E-state index contributed by atoms with van der Waals surface area (Å²) in [5.74, 6) is 6.57. The van der Waals surface area contributed by atoms with E-state index in [1.165, 1.54) is 19.5 Å². The minimum absolute atomic E-state index is 0.140. The Morgan fingerprint density at radius 3 is 2.47 bits per heavy atom. The van der Waals surface area contributed by atoms with Gasteiger partial charge in [0.15, 0.2) is 0 Å². The fourth-order valence-electron chi connectivity index (χ4n) is 1.79. The second-order valence-electron chi connectivity index (χ2n) is 5.69. The second kappa shape index (κ2) is 5.01. The van der Waals surface area contributed by atoms with Gasteiger partial charge in [0.25, 0.3) is 0 Å². The van der Waals surface area contributed by atoms with Crippen molar-refractivity contribution in [3.8, 4) is 11.8 Å². The summed E-state index contributed by atoms with van der Waals surface area (Å²) in [6, 6.07) is 0.724. The Morgan fingerprint density at radius 1 is 1.33 bits per heavy atom. The maximum absolute atomic E-state index is 3.29. The first kappa shape index (κ1) is 12.5. The molecule has 0 amide bonds. The highest BCUT2D eigenvalue weighted by Crippen LogP contribution is 2.13. The van der Waals surface area contributed by atoms with E-state index in [1.807, 2.05) is 0 Å². The van der Waals surface area contributed by atoms with Crippen molar-refractivity contribution in [3.05, 3.63) is 0 Å². The highest BCUT2D eigenvalue weighted by Gasteiger charge is 2.22. The van der Waals surface area contributed by atoms with Crippen LogP contribution in [-0.4, -0.2) is 49.6 Å². The van der Waals surface area contributed by atoms with Gasteiger partial charge in [0, 0.05) is 24.5 Å². The number of hydrogen-bond donors (Lipinski definition) is 0. The van der Waals surface area contributed by atoms with E-state index >= 15 is 0 Å². The summed E-state index contributed by atoms with van der Waals surface area (Å²) >= 11 is 0. The molecular formula is C13H24N2. The van der Waals surface area contributed by atoms with Crippen molar-refractivity contribution in [2.24, 2.45) is 5.41 Å². The van der Waals surface area contributed by atoms with Gasteiger partial charge in [0.1, 0.15) is 0 Å². The van der Waals surface area contributed by atoms with Crippen LogP contribution in [0.4, 0.5) is 0 Å². The van der Waals surface area contributed by atoms with Crippen LogP contribution >= 0.6 is 0 Å². The Bertz CT molecular complexity index is 252. The third-order valence-electron chi connectivity index (χ3n) is 2.74. The molecule has 0 aromatic rings. The van der Waals surface area contributed by atoms with E-state index in [9.17, 15) is 0 Å². The molecule has 1 saturated heterocycles. The van der Waals surface area contributed by atoms with Gasteiger partial charge in [0.2, 0.25) is 0 Å². The van der Waals surface area contributed by atoms with Crippen LogP contribution < -0.4 is 0 Å². The predicted octanol–water partition coefficient (Wildman–Crippen LogP) is 1.67. The van der Waals surface area contributed by atoms with Crippen molar-refractivity contribution in [2.45, 2.75) is 33.2 Å². The molecule has 0 spiro atoms. The van der Waals surface area contributed by atoms with E-state index in [0.717, 1.165) is 12.6 Å². The first-order chi connectivity index (χ1) is 6.88. The van der Waals surface area contributed by atoms with Crippen LogP contribution in [0.25, 0.3) is 0 Å². The van der Waals surface area contributed by atoms with Gasteiger partial charge in [-0.15, -0.1) is 0 Å². The Labute approximate surface area is 94.6 Å². The predicted molar refractivity (Wildman–Crippen MR) is 65.8 cm³/mol. The molecule has 2 nitrogen and oxygen atoms in total. The number of rotatable bonds is 2. The lowest BCUT2D eigenvalue weighted by Gasteiger charge is -2.19. The van der Waals surface area contributed by atoms with Gasteiger partial charge in [-0.1, -0.05) is 11.8 Å². The first-order valence-corrected chi connectivity index (χ1v) is 5.77. The second-order valence-corrected chi connectivity index (χ2v) is 5.69. The molecular weight excluding hydrogens is 184 g/mol. The molecule has 1 heterocycles. The molecule has 0 aromatic carbocycles. The van der Waals surface area contributed by atoms with E-state index in [0.29, 0.717) is 0 Å². The summed E-state index contributed by atoms with van der Waals surface area (Å²) in [5, 5.41) is 0. The minimum atomic E-state index is 0.140. The third kappa shape index (κ3) is 4.68. The molecule has 1 rings (SSSR count). The number of hydrogen-bond acceptors (Lipinski definition) is 2. The third-order valence-corrected chi connectivity index (χ3v) is 2.74. The van der Waals surface area contributed by atoms with Gasteiger partial charge in [-0.2, -0.15) is 0 Å². The van der Waals surface area contributed by atoms with Crippen molar-refractivity contribution in [2.75, 3.05) is 33.7 Å². The number of nitrogens with zero attached hydrogens (tertiary/aromatic N) is 2. The van der Waals surface area contributed by atoms with E-state index in [4.69, 9.17) is 0 Å². The first-order valence-electron chi connectivity index (χ1n) is 5.77. The van der Waals surface area contributed by atoms with Crippen LogP contribution in [0, 0.1) is 17.3 Å². The maximum atomic E-state index is 3.29. The molecule has 0 aliphatic carbocycles. The quantitative estimate of drug-likeness (QED) is 0.637. The molecule has 1 unspecified atom stereocenters. The molecule has 1 aliphatic rings. The van der Waals surface area contributed by atoms with E-state index in [-0.39, 0.29) is 5.41 Å². The highest BCUT2D eigenvalue weighted by atomic mass is 15.2. The van der Waals surface area contributed by atoms with Gasteiger partial charge in [-0.3, -0.25) is 4.90 Å². The van der Waals surface area contributed by atoms with E-state index in [2.05, 4.69) is 56.5 Å². The molecule has 0 radical (unpaired) electrons. The van der Waals surface area contributed by atoms with Gasteiger partial charge in [-0.05, 0) is 41.3 Å². The van der Waals surface area contributed by atoms with Gasteiger partial charge in [-0.25, -0.2) is 0 Å². The number of likely N-dealkylation sites (tertiary alicyclic amines) is 1. The van der Waals surface area contributed by atoms with Crippen LogP contribution in [0.2, 0.25) is 0 Å². The largest absolute Gasteiger partial charge is 0.305 e. The summed E-state index contributed by atoms with van der Waals surface area (Å²) in [5.41, 5.74) is 0.140. The topological polar surface area (TPSA) is 6.48 Å². The van der Waals surface area contributed by atoms with Crippen molar-refractivity contribution in [1.82, 2.24) is 9.80 Å². The fourth-order valence-corrected chi connectivity index (χ4v) is 1.79. The van der Waals surface area contributed by atoms with Crippen molar-refractivity contribution < 1.29 is 0 Å². The number of likely N-dealkylation sites (N-methyl/N-ethyl adjacent to an activating group) is 1. The molecule has 2 heteroatoms. The van der Waals surface area contributed by atoms with Crippen LogP contribution in [0.1, 0.15) is 27.2 Å². The molecule has 15 heavy (non-hydrogen) atoms. The van der Waals surface area contributed by atoms with E-state index in [1.54, 1.807) is 0 Å². The lowest BCUT2D eigenvalue weighted by molar-refractivity contribution is 0.281. The normalized spacial score (nSPS) is 22.9. The zero-order valence-corrected chi connectivity index (χ0v) is 10.8. The lowest BCUT2D eigenvalue weighted by atomic mass is 9.98. The summed E-state index contributed by atoms with van der Waals surface area (Å²) in [6.07, 6.45) is 1.28. The fraction of sp³-hybridized carbons (Fsp3) is 0.846.